The lowest BCUT2D eigenvalue weighted by Gasteiger charge is -2.31. The molecule has 0 bridgehead atoms. The van der Waals surface area contributed by atoms with E-state index in [2.05, 4.69) is 15.6 Å². The predicted octanol–water partition coefficient (Wildman–Crippen LogP) is 1.77. The van der Waals surface area contributed by atoms with E-state index in [0.29, 0.717) is 31.0 Å². The van der Waals surface area contributed by atoms with Gasteiger partial charge in [-0.25, -0.2) is 0 Å². The van der Waals surface area contributed by atoms with Crippen molar-refractivity contribution in [3.05, 3.63) is 30.0 Å². The van der Waals surface area contributed by atoms with Crippen molar-refractivity contribution in [3.63, 3.8) is 0 Å². The van der Waals surface area contributed by atoms with E-state index in [4.69, 9.17) is 4.74 Å². The lowest BCUT2D eigenvalue weighted by Crippen LogP contribution is -2.54. The Bertz CT molecular complexity index is 1230. The highest BCUT2D eigenvalue weighted by molar-refractivity contribution is 6.02. The third-order valence-corrected chi connectivity index (χ3v) is 8.52. The molecular formula is C28H36N4O6. The Hall–Kier alpha value is -3.40. The molecule has 2 aromatic rings. The van der Waals surface area contributed by atoms with Gasteiger partial charge in [0.05, 0.1) is 13.2 Å². The molecule has 10 nitrogen and oxygen atoms in total. The van der Waals surface area contributed by atoms with Crippen LogP contribution in [0.5, 0.6) is 5.75 Å². The number of piperidine rings is 1. The number of methoxy groups -OCH3 is 1. The van der Waals surface area contributed by atoms with Crippen LogP contribution in [0.1, 0.15) is 55.4 Å². The van der Waals surface area contributed by atoms with Crippen LogP contribution in [0.3, 0.4) is 0 Å². The van der Waals surface area contributed by atoms with Crippen LogP contribution in [0.2, 0.25) is 0 Å². The fourth-order valence-corrected chi connectivity index (χ4v) is 6.58. The fraction of sp³-hybridized carbons (Fsp3) is 0.571. The van der Waals surface area contributed by atoms with Crippen molar-refractivity contribution in [3.8, 4) is 5.75 Å². The summed E-state index contributed by atoms with van der Waals surface area (Å²) in [5.74, 6) is -0.892. The van der Waals surface area contributed by atoms with Crippen molar-refractivity contribution in [1.82, 2.24) is 20.5 Å². The molecule has 5 rings (SSSR count). The number of aliphatic hydroxyl groups excluding tert-OH is 1. The zero-order valence-electron chi connectivity index (χ0n) is 21.7. The van der Waals surface area contributed by atoms with Gasteiger partial charge >= 0.3 is 0 Å². The number of rotatable bonds is 8. The number of hydrogen-bond acceptors (Lipinski definition) is 6. The van der Waals surface area contributed by atoms with Gasteiger partial charge in [0.15, 0.2) is 5.78 Å². The third-order valence-electron chi connectivity index (χ3n) is 8.52. The minimum Gasteiger partial charge on any atom is -0.496 e. The number of ether oxygens (including phenoxy) is 1. The van der Waals surface area contributed by atoms with Crippen LogP contribution >= 0.6 is 0 Å². The molecule has 38 heavy (non-hydrogen) atoms. The number of amides is 3. The van der Waals surface area contributed by atoms with Crippen molar-refractivity contribution in [2.24, 2.45) is 17.8 Å². The third kappa shape index (κ3) is 5.01. The number of aromatic nitrogens is 1. The lowest BCUT2D eigenvalue weighted by atomic mass is 9.78. The minimum absolute atomic E-state index is 0.00512. The van der Waals surface area contributed by atoms with Crippen molar-refractivity contribution < 1.29 is 29.0 Å². The molecule has 3 aliphatic rings. The molecule has 1 aromatic carbocycles. The van der Waals surface area contributed by atoms with Crippen molar-refractivity contribution in [1.29, 1.82) is 0 Å². The van der Waals surface area contributed by atoms with Crippen molar-refractivity contribution in [2.75, 3.05) is 26.8 Å². The number of fused-ring (bicyclic) bond motifs is 2. The van der Waals surface area contributed by atoms with Gasteiger partial charge in [0.1, 0.15) is 24.1 Å². The quantitative estimate of drug-likeness (QED) is 0.415. The number of carbonyl (C=O) groups is 4. The van der Waals surface area contributed by atoms with Gasteiger partial charge in [0.25, 0.3) is 5.91 Å². The summed E-state index contributed by atoms with van der Waals surface area (Å²) in [6.07, 6.45) is 5.37. The molecule has 204 valence electrons. The molecule has 4 N–H and O–H groups in total. The molecule has 3 heterocycles. The van der Waals surface area contributed by atoms with Crippen molar-refractivity contribution in [2.45, 2.75) is 57.0 Å². The van der Waals surface area contributed by atoms with E-state index in [0.717, 1.165) is 43.0 Å². The van der Waals surface area contributed by atoms with Gasteiger partial charge < -0.3 is 30.4 Å². The summed E-state index contributed by atoms with van der Waals surface area (Å²) in [5.41, 5.74) is 1.15. The first-order chi connectivity index (χ1) is 18.4. The van der Waals surface area contributed by atoms with E-state index in [1.54, 1.807) is 18.1 Å². The van der Waals surface area contributed by atoms with E-state index in [9.17, 15) is 24.3 Å². The Balaban J connectivity index is 1.40. The zero-order chi connectivity index (χ0) is 26.8. The molecule has 2 aliphatic heterocycles. The first kappa shape index (κ1) is 26.2. The second kappa shape index (κ2) is 11.1. The maximum Gasteiger partial charge on any atom is 0.271 e. The van der Waals surface area contributed by atoms with Gasteiger partial charge in [-0.3, -0.25) is 19.2 Å². The number of benzene rings is 1. The Morgan fingerprint density at radius 1 is 1.18 bits per heavy atom. The molecule has 5 atom stereocenters. The summed E-state index contributed by atoms with van der Waals surface area (Å²) in [5, 5.41) is 16.0. The monoisotopic (exact) mass is 524 g/mol. The topological polar surface area (TPSA) is 141 Å². The number of aromatic amines is 1. The summed E-state index contributed by atoms with van der Waals surface area (Å²) in [6, 6.07) is 5.59. The SMILES string of the molecule is COc1cccc2[nH]c(C(=O)N3C[C@@H]4CCCC[C@@H]4[C@H]3C(=O)N[C@@H](C[C@@H]3CCCNC3=O)C(=O)CO)cc12. The van der Waals surface area contributed by atoms with E-state index in [1.807, 2.05) is 18.2 Å². The minimum atomic E-state index is -0.988. The fourth-order valence-electron chi connectivity index (χ4n) is 6.58. The maximum atomic E-state index is 13.8. The Kier molecular flexibility index (Phi) is 7.69. The summed E-state index contributed by atoms with van der Waals surface area (Å²) >= 11 is 0. The molecule has 1 saturated carbocycles. The average Bonchev–Trinajstić information content (AvgIpc) is 3.55. The van der Waals surface area contributed by atoms with Gasteiger partial charge in [-0.15, -0.1) is 0 Å². The van der Waals surface area contributed by atoms with E-state index in [1.165, 1.54) is 0 Å². The van der Waals surface area contributed by atoms with E-state index < -0.39 is 36.3 Å². The second-order valence-corrected chi connectivity index (χ2v) is 10.8. The normalized spacial score (nSPS) is 25.9. The number of Topliss-reactive ketones (excluding diaryl/α,β-unsaturated/α-hetero) is 1. The standard InChI is InChI=1S/C28H36N4O6/c1-38-24-10-4-9-20-19(24)13-22(30-20)28(37)32-14-17-6-2-3-8-18(17)25(32)27(36)31-21(23(34)15-33)12-16-7-5-11-29-26(16)35/h4,9-10,13,16-18,21,25,30,33H,2-3,5-8,11-12,14-15H2,1H3,(H,29,35)(H,31,36)/t16-,17-,18-,21-,25-/m0/s1. The summed E-state index contributed by atoms with van der Waals surface area (Å²) in [6.45, 7) is 0.343. The Morgan fingerprint density at radius 3 is 2.76 bits per heavy atom. The molecule has 10 heteroatoms. The van der Waals surface area contributed by atoms with Crippen LogP contribution in [0.4, 0.5) is 0 Å². The number of carbonyl (C=O) groups excluding carboxylic acids is 4. The molecule has 0 unspecified atom stereocenters. The smallest absolute Gasteiger partial charge is 0.271 e. The number of nitrogens with one attached hydrogen (secondary N) is 3. The van der Waals surface area contributed by atoms with E-state index >= 15 is 0 Å². The zero-order valence-corrected chi connectivity index (χ0v) is 21.7. The van der Waals surface area contributed by atoms with Crippen LogP contribution in [-0.2, 0) is 14.4 Å². The lowest BCUT2D eigenvalue weighted by molar-refractivity contribution is -0.134. The molecule has 0 spiro atoms. The highest BCUT2D eigenvalue weighted by atomic mass is 16.5. The molecule has 3 amide bonds. The molecule has 3 fully saturated rings. The molecular weight excluding hydrogens is 488 g/mol. The Labute approximate surface area is 221 Å². The van der Waals surface area contributed by atoms with Crippen LogP contribution < -0.4 is 15.4 Å². The largest absolute Gasteiger partial charge is 0.496 e. The summed E-state index contributed by atoms with van der Waals surface area (Å²) in [4.78, 5) is 57.4. The van der Waals surface area contributed by atoms with Gasteiger partial charge in [-0.1, -0.05) is 18.9 Å². The van der Waals surface area contributed by atoms with Crippen LogP contribution in [-0.4, -0.2) is 77.4 Å². The number of H-pyrrole nitrogens is 1. The highest BCUT2D eigenvalue weighted by Crippen LogP contribution is 2.41. The number of likely N-dealkylation sites (tertiary alicyclic amines) is 1. The number of aliphatic hydroxyl groups is 1. The maximum absolute atomic E-state index is 13.8. The van der Waals surface area contributed by atoms with Crippen LogP contribution in [0.15, 0.2) is 24.3 Å². The van der Waals surface area contributed by atoms with Crippen molar-refractivity contribution >= 4 is 34.4 Å². The summed E-state index contributed by atoms with van der Waals surface area (Å²) < 4.78 is 5.44. The average molecular weight is 525 g/mol. The van der Waals surface area contributed by atoms with Gasteiger partial charge in [-0.2, -0.15) is 0 Å². The van der Waals surface area contributed by atoms with Crippen LogP contribution in [0.25, 0.3) is 10.9 Å². The van der Waals surface area contributed by atoms with Gasteiger partial charge in [-0.05, 0) is 62.1 Å². The van der Waals surface area contributed by atoms with Crippen LogP contribution in [0, 0.1) is 17.8 Å². The summed E-state index contributed by atoms with van der Waals surface area (Å²) in [7, 11) is 1.58. The van der Waals surface area contributed by atoms with Gasteiger partial charge in [0, 0.05) is 29.9 Å². The van der Waals surface area contributed by atoms with E-state index in [-0.39, 0.29) is 30.1 Å². The first-order valence-corrected chi connectivity index (χ1v) is 13.6. The predicted molar refractivity (Wildman–Crippen MR) is 139 cm³/mol. The second-order valence-electron chi connectivity index (χ2n) is 10.8. The molecule has 2 saturated heterocycles. The number of hydrogen-bond donors (Lipinski definition) is 4. The molecule has 1 aromatic heterocycles. The first-order valence-electron chi connectivity index (χ1n) is 13.6. The number of ketones is 1. The van der Waals surface area contributed by atoms with Gasteiger partial charge in [0.2, 0.25) is 11.8 Å². The Morgan fingerprint density at radius 2 is 2.00 bits per heavy atom. The highest BCUT2D eigenvalue weighted by Gasteiger charge is 2.49. The molecule has 0 radical (unpaired) electrons. The number of nitrogens with zero attached hydrogens (tertiary/aromatic N) is 1. The molecule has 1 aliphatic carbocycles.